The number of amides is 2. The summed E-state index contributed by atoms with van der Waals surface area (Å²) >= 11 is 12.8. The van der Waals surface area contributed by atoms with E-state index in [1.54, 1.807) is 79.8 Å². The average Bonchev–Trinajstić information content (AvgIpc) is 3.70. The lowest BCUT2D eigenvalue weighted by atomic mass is 9.53. The number of benzene rings is 5. The molecule has 5 aromatic carbocycles. The fraction of sp³-hybridized carbons (Fsp3) is 0.250. The maximum Gasteiger partial charge on any atom is 0.347 e. The molecule has 7 aromatic rings. The van der Waals surface area contributed by atoms with Crippen molar-refractivity contribution in [3.05, 3.63) is 161 Å². The minimum absolute atomic E-state index is 0.0145. The van der Waals surface area contributed by atoms with Crippen LogP contribution in [0.5, 0.6) is 23.0 Å². The first-order valence-corrected chi connectivity index (χ1v) is 21.8. The van der Waals surface area contributed by atoms with Crippen LogP contribution in [-0.2, 0) is 41.6 Å². The molecule has 0 spiro atoms. The largest absolute Gasteiger partial charge is 0.507 e. The summed E-state index contributed by atoms with van der Waals surface area (Å²) in [5, 5.41) is 13.8. The van der Waals surface area contributed by atoms with Crippen molar-refractivity contribution in [2.24, 2.45) is 13.0 Å². The van der Waals surface area contributed by atoms with Crippen LogP contribution in [0.1, 0.15) is 35.2 Å². The molecule has 336 valence electrons. The molecule has 2 N–H and O–H groups in total. The second-order valence-corrected chi connectivity index (χ2v) is 17.3. The average molecular weight is 931 g/mol. The number of phenolic OH excluding ortho intramolecular Hbond substituents is 1. The topological polar surface area (TPSA) is 181 Å². The third-order valence-electron chi connectivity index (χ3n) is 13.4. The zero-order chi connectivity index (χ0) is 46.3. The van der Waals surface area contributed by atoms with Gasteiger partial charge in [-0.05, 0) is 64.9 Å². The van der Waals surface area contributed by atoms with E-state index in [4.69, 9.17) is 37.4 Å². The number of hydrazine groups is 1. The molecule has 66 heavy (non-hydrogen) atoms. The van der Waals surface area contributed by atoms with Crippen molar-refractivity contribution in [3.63, 3.8) is 0 Å². The number of phenols is 1. The van der Waals surface area contributed by atoms with E-state index in [0.717, 1.165) is 9.58 Å². The van der Waals surface area contributed by atoms with Crippen molar-refractivity contribution in [1.29, 1.82) is 0 Å². The van der Waals surface area contributed by atoms with Crippen molar-refractivity contribution in [2.45, 2.75) is 43.3 Å². The number of hydrogen-bond donors (Lipinski definition) is 2. The molecule has 4 atom stereocenters. The molecule has 18 heteroatoms. The molecule has 0 radical (unpaired) electrons. The Balaban J connectivity index is 1.14. The molecule has 10 rings (SSSR count). The number of aryl methyl sites for hydroxylation is 2. The Morgan fingerprint density at radius 3 is 2.29 bits per heavy atom. The van der Waals surface area contributed by atoms with Crippen LogP contribution in [0.2, 0.25) is 10.0 Å². The molecule has 4 heterocycles. The van der Waals surface area contributed by atoms with Gasteiger partial charge >= 0.3 is 11.4 Å². The minimum atomic E-state index is -1.65. The Morgan fingerprint density at radius 2 is 1.58 bits per heavy atom. The molecule has 1 aliphatic carbocycles. The predicted octanol–water partition coefficient (Wildman–Crippen LogP) is 6.11. The van der Waals surface area contributed by atoms with Gasteiger partial charge in [0.15, 0.2) is 11.5 Å². The van der Waals surface area contributed by atoms with Crippen molar-refractivity contribution in [1.82, 2.24) is 28.5 Å². The number of carbonyl (C=O) groups is 2. The fourth-order valence-electron chi connectivity index (χ4n) is 10.3. The molecule has 2 amide bonds. The summed E-state index contributed by atoms with van der Waals surface area (Å²) in [6, 6.07) is 24.6. The van der Waals surface area contributed by atoms with Gasteiger partial charge in [0, 0.05) is 48.5 Å². The Labute approximate surface area is 385 Å². The highest BCUT2D eigenvalue weighted by Crippen LogP contribution is 2.63. The summed E-state index contributed by atoms with van der Waals surface area (Å²) in [7, 11) is 6.12. The van der Waals surface area contributed by atoms with Crippen molar-refractivity contribution >= 4 is 62.5 Å². The van der Waals surface area contributed by atoms with Crippen LogP contribution in [0.4, 0.5) is 5.69 Å². The number of fused-ring (bicyclic) bond motifs is 6. The zero-order valence-electron chi connectivity index (χ0n) is 36.0. The molecule has 1 saturated carbocycles. The highest BCUT2D eigenvalue weighted by atomic mass is 35.5. The molecule has 16 nitrogen and oxygen atoms in total. The Kier molecular flexibility index (Phi) is 10.3. The normalized spacial score (nSPS) is 19.9. The van der Waals surface area contributed by atoms with Crippen LogP contribution in [0.3, 0.4) is 0 Å². The molecule has 2 aromatic heterocycles. The first-order valence-electron chi connectivity index (χ1n) is 21.0. The third-order valence-corrected chi connectivity index (χ3v) is 13.9. The number of halogens is 2. The summed E-state index contributed by atoms with van der Waals surface area (Å²) in [4.78, 5) is 78.5. The second kappa shape index (κ2) is 16.0. The van der Waals surface area contributed by atoms with Crippen LogP contribution >= 0.6 is 23.2 Å². The molecule has 2 fully saturated rings. The number of aromatic hydroxyl groups is 1. The zero-order valence-corrected chi connectivity index (χ0v) is 37.5. The van der Waals surface area contributed by atoms with Crippen LogP contribution in [-0.4, -0.2) is 66.7 Å². The number of methoxy groups -OCH3 is 3. The van der Waals surface area contributed by atoms with Gasteiger partial charge in [0.2, 0.25) is 0 Å². The van der Waals surface area contributed by atoms with Gasteiger partial charge in [-0.2, -0.15) is 5.01 Å². The number of rotatable bonds is 10. The van der Waals surface area contributed by atoms with Crippen LogP contribution in [0.15, 0.2) is 117 Å². The van der Waals surface area contributed by atoms with Gasteiger partial charge < -0.3 is 23.9 Å². The lowest BCUT2D eigenvalue weighted by Crippen LogP contribution is -2.53. The number of nitrogens with zero attached hydrogens (tertiary/aromatic N) is 6. The van der Waals surface area contributed by atoms with E-state index in [1.165, 1.54) is 41.3 Å². The summed E-state index contributed by atoms with van der Waals surface area (Å²) < 4.78 is 21.6. The molecule has 0 bridgehead atoms. The first kappa shape index (κ1) is 42.6. The fourth-order valence-corrected chi connectivity index (χ4v) is 10.8. The van der Waals surface area contributed by atoms with E-state index in [0.29, 0.717) is 60.8 Å². The smallest absolute Gasteiger partial charge is 0.347 e. The highest BCUT2D eigenvalue weighted by Gasteiger charge is 2.69. The number of ether oxygens (including phenoxy) is 3. The number of anilines is 1. The predicted molar refractivity (Wildman–Crippen MR) is 247 cm³/mol. The van der Waals surface area contributed by atoms with Gasteiger partial charge in [0.25, 0.3) is 17.4 Å². The van der Waals surface area contributed by atoms with E-state index < -0.39 is 52.0 Å². The van der Waals surface area contributed by atoms with Gasteiger partial charge in [-0.3, -0.25) is 19.8 Å². The number of nitrogens with one attached hydrogen (secondary N) is 1. The molecule has 2 aliphatic heterocycles. The van der Waals surface area contributed by atoms with Gasteiger partial charge in [-0.25, -0.2) is 28.5 Å². The number of hydrogen-bond acceptors (Lipinski definition) is 11. The Bertz CT molecular complexity index is 3410. The van der Waals surface area contributed by atoms with Crippen LogP contribution in [0.25, 0.3) is 21.8 Å². The van der Waals surface area contributed by atoms with E-state index in [-0.39, 0.29) is 48.1 Å². The lowest BCUT2D eigenvalue weighted by molar-refractivity contribution is -0.138. The maximum atomic E-state index is 15.8. The highest BCUT2D eigenvalue weighted by molar-refractivity contribution is 6.36. The summed E-state index contributed by atoms with van der Waals surface area (Å²) in [6.45, 7) is -0.235. The summed E-state index contributed by atoms with van der Waals surface area (Å²) in [6.07, 6.45) is 1.73. The SMILES string of the molecule is COc1ccc([C@@]23C(=O)N(Nc4ccc(Cl)cc4Cl)C(=O)[C@@H]2C[C@@H]2C(=CCn4c(=O)n(CCc5nc6cc(OC)c(OC)cc6n(C)c5=O)c(=O)n42)[C@@H]3c2ccc(O)c3ccccc23)cc1. The molecular weight excluding hydrogens is 889 g/mol. The third kappa shape index (κ3) is 6.26. The van der Waals surface area contributed by atoms with Gasteiger partial charge in [-0.1, -0.05) is 71.7 Å². The number of imide groups is 1. The van der Waals surface area contributed by atoms with Gasteiger partial charge in [0.05, 0.1) is 67.0 Å². The van der Waals surface area contributed by atoms with Gasteiger partial charge in [0.1, 0.15) is 17.2 Å². The van der Waals surface area contributed by atoms with E-state index >= 15 is 9.59 Å². The Hall–Kier alpha value is -7.30. The van der Waals surface area contributed by atoms with E-state index in [2.05, 4.69) is 10.4 Å². The second-order valence-electron chi connectivity index (χ2n) is 16.5. The van der Waals surface area contributed by atoms with Gasteiger partial charge in [-0.15, -0.1) is 0 Å². The van der Waals surface area contributed by atoms with E-state index in [1.807, 2.05) is 18.2 Å². The number of aromatic nitrogens is 5. The van der Waals surface area contributed by atoms with Crippen molar-refractivity contribution < 1.29 is 28.9 Å². The first-order chi connectivity index (χ1) is 31.8. The molecule has 1 saturated heterocycles. The molecule has 3 aliphatic rings. The van der Waals surface area contributed by atoms with Crippen LogP contribution in [0, 0.1) is 5.92 Å². The van der Waals surface area contributed by atoms with Crippen molar-refractivity contribution in [3.8, 4) is 23.0 Å². The van der Waals surface area contributed by atoms with Crippen molar-refractivity contribution in [2.75, 3.05) is 26.8 Å². The monoisotopic (exact) mass is 929 g/mol. The van der Waals surface area contributed by atoms with Crippen LogP contribution < -0.4 is 36.6 Å². The summed E-state index contributed by atoms with van der Waals surface area (Å²) in [5.74, 6) is -1.87. The Morgan fingerprint density at radius 1 is 0.848 bits per heavy atom. The minimum Gasteiger partial charge on any atom is -0.507 e. The summed E-state index contributed by atoms with van der Waals surface area (Å²) in [5.41, 5.74) is 2.74. The molecule has 0 unspecified atom stereocenters. The quantitative estimate of drug-likeness (QED) is 0.119. The number of carbonyl (C=O) groups excluding carboxylic acids is 2. The standard InChI is InChI=1S/C48H41Cl2N7O9/c1-53-38-24-41(66-4)40(65-3)23-36(38)51-35(44(53)60)18-19-54-46(62)55-20-17-31-37(57(55)47(54)63)22-32-43(59)56(52-34-15-11-26(49)21-33(34)50)45(61)48(32,25-9-12-27(64-2)13-10-25)42(31)30-14-16-39(58)29-8-6-5-7-28(29)30/h5-17,21,23-24,32,37,42,52,58H,18-20,22H2,1-4H3/t32-,37+,42-,48+/m0/s1. The maximum absolute atomic E-state index is 15.8. The molecular formula is C48H41Cl2N7O9. The number of allylic oxidation sites excluding steroid dienone is 2. The van der Waals surface area contributed by atoms with E-state index in [9.17, 15) is 19.5 Å². The lowest BCUT2D eigenvalue weighted by Gasteiger charge is -2.49.